The Morgan fingerprint density at radius 2 is 1.72 bits per heavy atom. The fourth-order valence-electron chi connectivity index (χ4n) is 3.99. The monoisotopic (exact) mass is 508 g/mol. The van der Waals surface area contributed by atoms with Crippen molar-refractivity contribution in [3.05, 3.63) is 84.5 Å². The first-order valence-corrected chi connectivity index (χ1v) is 11.7. The van der Waals surface area contributed by atoms with Gasteiger partial charge in [-0.15, -0.1) is 0 Å². The van der Waals surface area contributed by atoms with Gasteiger partial charge in [-0.25, -0.2) is 9.79 Å². The van der Waals surface area contributed by atoms with E-state index in [1.165, 1.54) is 29.9 Å². The van der Waals surface area contributed by atoms with Crippen LogP contribution in [0.2, 0.25) is 0 Å². The molecule has 2 aromatic carbocycles. The molecule has 1 atom stereocenters. The molecule has 1 unspecified atom stereocenters. The number of esters is 2. The van der Waals surface area contributed by atoms with E-state index < -0.39 is 18.0 Å². The Hall–Kier alpha value is -4.18. The molecule has 0 saturated carbocycles. The first kappa shape index (κ1) is 24.9. The Bertz CT molecular complexity index is 1550. The summed E-state index contributed by atoms with van der Waals surface area (Å²) in [6, 6.07) is 11.1. The van der Waals surface area contributed by atoms with Crippen molar-refractivity contribution in [2.45, 2.75) is 19.9 Å². The van der Waals surface area contributed by atoms with Crippen LogP contribution in [0.15, 0.2) is 63.5 Å². The highest BCUT2D eigenvalue weighted by atomic mass is 32.1. The number of benzene rings is 2. The second-order valence-electron chi connectivity index (χ2n) is 7.84. The second-order valence-corrected chi connectivity index (χ2v) is 8.85. The molecule has 1 aliphatic heterocycles. The first-order valence-electron chi connectivity index (χ1n) is 10.9. The van der Waals surface area contributed by atoms with Crippen LogP contribution >= 0.6 is 11.3 Å². The van der Waals surface area contributed by atoms with Gasteiger partial charge in [0.1, 0.15) is 17.2 Å². The summed E-state index contributed by atoms with van der Waals surface area (Å²) in [7, 11) is 4.39. The molecule has 0 N–H and O–H groups in total. The molecule has 10 heteroatoms. The Labute approximate surface area is 210 Å². The maximum absolute atomic E-state index is 13.7. The molecule has 0 aliphatic carbocycles. The summed E-state index contributed by atoms with van der Waals surface area (Å²) in [4.78, 5) is 42.8. The van der Waals surface area contributed by atoms with Crippen LogP contribution < -0.4 is 29.1 Å². The Morgan fingerprint density at radius 1 is 1.03 bits per heavy atom. The number of methoxy groups -OCH3 is 3. The number of fused-ring (bicyclic) bond motifs is 1. The van der Waals surface area contributed by atoms with Gasteiger partial charge in [-0.2, -0.15) is 0 Å². The minimum Gasteiger partial charge on any atom is -0.497 e. The van der Waals surface area contributed by atoms with Crippen molar-refractivity contribution in [1.82, 2.24) is 4.57 Å². The number of nitrogens with zero attached hydrogens (tertiary/aromatic N) is 2. The van der Waals surface area contributed by atoms with Gasteiger partial charge in [-0.3, -0.25) is 14.2 Å². The van der Waals surface area contributed by atoms with Crippen molar-refractivity contribution in [2.24, 2.45) is 4.99 Å². The largest absolute Gasteiger partial charge is 0.497 e. The third-order valence-electron chi connectivity index (χ3n) is 5.61. The number of thiazole rings is 1. The van der Waals surface area contributed by atoms with Crippen molar-refractivity contribution in [1.29, 1.82) is 0 Å². The number of carbonyl (C=O) groups is 2. The molecule has 0 bridgehead atoms. The van der Waals surface area contributed by atoms with E-state index in [4.69, 9.17) is 18.9 Å². The lowest BCUT2D eigenvalue weighted by atomic mass is 9.96. The molecular formula is C26H24N2O7S. The molecule has 0 radical (unpaired) electrons. The maximum atomic E-state index is 13.7. The van der Waals surface area contributed by atoms with Crippen molar-refractivity contribution in [3.8, 4) is 17.2 Å². The number of rotatable bonds is 6. The number of hydrogen-bond acceptors (Lipinski definition) is 9. The molecule has 9 nitrogen and oxygen atoms in total. The van der Waals surface area contributed by atoms with Crippen molar-refractivity contribution in [3.63, 3.8) is 0 Å². The minimum absolute atomic E-state index is 0.246. The lowest BCUT2D eigenvalue weighted by molar-refractivity contribution is -0.136. The predicted molar refractivity (Wildman–Crippen MR) is 133 cm³/mol. The van der Waals surface area contributed by atoms with E-state index in [0.717, 1.165) is 0 Å². The molecule has 0 amide bonds. The molecule has 1 aliphatic rings. The SMILES string of the molecule is COC(=O)C1=C(C)N=c2sc(=Cc3cc(OC)ccc3OC)c(=O)n2C1c1ccc(OC(C)=O)cc1. The summed E-state index contributed by atoms with van der Waals surface area (Å²) in [5.41, 5.74) is 1.66. The van der Waals surface area contributed by atoms with Crippen molar-refractivity contribution < 1.29 is 28.5 Å². The molecule has 186 valence electrons. The van der Waals surface area contributed by atoms with E-state index in [1.807, 2.05) is 0 Å². The third kappa shape index (κ3) is 4.67. The molecule has 1 aromatic heterocycles. The van der Waals surface area contributed by atoms with Gasteiger partial charge in [0, 0.05) is 12.5 Å². The summed E-state index contributed by atoms with van der Waals surface area (Å²) in [6.45, 7) is 3.01. The highest BCUT2D eigenvalue weighted by Crippen LogP contribution is 2.31. The minimum atomic E-state index is -0.783. The summed E-state index contributed by atoms with van der Waals surface area (Å²) < 4.78 is 22.8. The van der Waals surface area contributed by atoms with Gasteiger partial charge in [0.25, 0.3) is 5.56 Å². The highest BCUT2D eigenvalue weighted by molar-refractivity contribution is 7.07. The quantitative estimate of drug-likeness (QED) is 0.372. The number of ether oxygens (including phenoxy) is 4. The van der Waals surface area contributed by atoms with E-state index >= 15 is 0 Å². The van der Waals surface area contributed by atoms with Crippen LogP contribution in [0.4, 0.5) is 0 Å². The molecule has 0 spiro atoms. The van der Waals surface area contributed by atoms with Crippen LogP contribution in [0, 0.1) is 0 Å². The van der Waals surface area contributed by atoms with E-state index in [2.05, 4.69) is 4.99 Å². The average molecular weight is 509 g/mol. The Kier molecular flexibility index (Phi) is 7.07. The van der Waals surface area contributed by atoms with Crippen LogP contribution in [-0.4, -0.2) is 37.8 Å². The summed E-state index contributed by atoms with van der Waals surface area (Å²) in [5, 5.41) is 0. The van der Waals surface area contributed by atoms with E-state index in [0.29, 0.717) is 43.4 Å². The molecule has 3 aromatic rings. The van der Waals surface area contributed by atoms with E-state index in [1.54, 1.807) is 69.7 Å². The zero-order valence-corrected chi connectivity index (χ0v) is 21.2. The molecular weight excluding hydrogens is 484 g/mol. The molecule has 36 heavy (non-hydrogen) atoms. The van der Waals surface area contributed by atoms with Gasteiger partial charge in [0.15, 0.2) is 4.80 Å². The smallest absolute Gasteiger partial charge is 0.338 e. The second kappa shape index (κ2) is 10.2. The van der Waals surface area contributed by atoms with Crippen LogP contribution in [0.3, 0.4) is 0 Å². The number of allylic oxidation sites excluding steroid dienone is 1. The molecule has 2 heterocycles. The first-order chi connectivity index (χ1) is 17.3. The van der Waals surface area contributed by atoms with Crippen LogP contribution in [-0.2, 0) is 14.3 Å². The molecule has 0 fully saturated rings. The maximum Gasteiger partial charge on any atom is 0.338 e. The predicted octanol–water partition coefficient (Wildman–Crippen LogP) is 2.35. The van der Waals surface area contributed by atoms with Gasteiger partial charge in [0.05, 0.1) is 43.2 Å². The zero-order valence-electron chi connectivity index (χ0n) is 20.4. The topological polar surface area (TPSA) is 105 Å². The third-order valence-corrected chi connectivity index (χ3v) is 6.59. The van der Waals surface area contributed by atoms with Gasteiger partial charge in [0.2, 0.25) is 0 Å². The lowest BCUT2D eigenvalue weighted by Gasteiger charge is -2.24. The average Bonchev–Trinajstić information content (AvgIpc) is 3.17. The van der Waals surface area contributed by atoms with Gasteiger partial charge in [-0.1, -0.05) is 23.5 Å². The normalized spacial score (nSPS) is 15.1. The Balaban J connectivity index is 1.93. The standard InChI is InChI=1S/C26H24N2O7S/c1-14-22(25(31)34-5)23(16-6-8-18(9-7-16)35-15(2)29)28-24(30)21(36-26(28)27-14)13-17-12-19(32-3)10-11-20(17)33-4/h6-13,23H,1-5H3. The Morgan fingerprint density at radius 3 is 2.33 bits per heavy atom. The molecule has 4 rings (SSSR count). The van der Waals surface area contributed by atoms with Gasteiger partial charge >= 0.3 is 11.9 Å². The van der Waals surface area contributed by atoms with Crippen LogP contribution in [0.5, 0.6) is 17.2 Å². The summed E-state index contributed by atoms with van der Waals surface area (Å²) in [5.74, 6) is 0.503. The molecule has 0 saturated heterocycles. The highest BCUT2D eigenvalue weighted by Gasteiger charge is 2.33. The zero-order chi connectivity index (χ0) is 26.0. The van der Waals surface area contributed by atoms with Crippen molar-refractivity contribution >= 4 is 29.4 Å². The van der Waals surface area contributed by atoms with E-state index in [9.17, 15) is 14.4 Å². The lowest BCUT2D eigenvalue weighted by Crippen LogP contribution is -2.39. The van der Waals surface area contributed by atoms with Crippen molar-refractivity contribution in [2.75, 3.05) is 21.3 Å². The number of aromatic nitrogens is 1. The fourth-order valence-corrected chi connectivity index (χ4v) is 5.02. The van der Waals surface area contributed by atoms with Crippen LogP contribution in [0.25, 0.3) is 6.08 Å². The van der Waals surface area contributed by atoms with E-state index in [-0.39, 0.29) is 11.1 Å². The number of hydrogen-bond donors (Lipinski definition) is 0. The summed E-state index contributed by atoms with van der Waals surface area (Å²) in [6.07, 6.45) is 1.71. The van der Waals surface area contributed by atoms with Gasteiger partial charge in [-0.05, 0) is 48.9 Å². The van der Waals surface area contributed by atoms with Gasteiger partial charge < -0.3 is 18.9 Å². The number of carbonyl (C=O) groups excluding carboxylic acids is 2. The summed E-state index contributed by atoms with van der Waals surface area (Å²) >= 11 is 1.20. The van der Waals surface area contributed by atoms with Crippen LogP contribution in [0.1, 0.15) is 31.0 Å². The fraction of sp³-hybridized carbons (Fsp3) is 0.231.